The van der Waals surface area contributed by atoms with Gasteiger partial charge in [-0.2, -0.15) is 13.2 Å². The number of halogens is 4. The van der Waals surface area contributed by atoms with Crippen molar-refractivity contribution in [2.45, 2.75) is 12.6 Å². The van der Waals surface area contributed by atoms with Gasteiger partial charge in [-0.3, -0.25) is 0 Å². The smallest absolute Gasteiger partial charge is 0.416 e. The van der Waals surface area contributed by atoms with E-state index in [0.29, 0.717) is 23.3 Å². The number of rotatable bonds is 1. The Hall–Kier alpha value is -2.04. The van der Waals surface area contributed by atoms with Crippen LogP contribution < -0.4 is 4.74 Å². The topological polar surface area (TPSA) is 9.23 Å². The van der Waals surface area contributed by atoms with Gasteiger partial charge in [0.25, 0.3) is 0 Å². The Bertz CT molecular complexity index is 661. The lowest BCUT2D eigenvalue weighted by Gasteiger charge is -2.13. The molecule has 1 heterocycles. The Morgan fingerprint density at radius 3 is 2.55 bits per heavy atom. The third kappa shape index (κ3) is 2.24. The summed E-state index contributed by atoms with van der Waals surface area (Å²) in [5.41, 5.74) is 0.319. The van der Waals surface area contributed by atoms with Crippen LogP contribution >= 0.6 is 0 Å². The predicted molar refractivity (Wildman–Crippen MR) is 65.5 cm³/mol. The summed E-state index contributed by atoms with van der Waals surface area (Å²) < 4.78 is 57.3. The molecule has 20 heavy (non-hydrogen) atoms. The molecule has 0 atom stereocenters. The summed E-state index contributed by atoms with van der Waals surface area (Å²) >= 11 is 0. The molecule has 3 rings (SSSR count). The van der Waals surface area contributed by atoms with Crippen LogP contribution in [0.5, 0.6) is 5.75 Å². The fourth-order valence-electron chi connectivity index (χ4n) is 2.23. The predicted octanol–water partition coefficient (Wildman–Crippen LogP) is 4.61. The summed E-state index contributed by atoms with van der Waals surface area (Å²) in [5, 5.41) is 0. The van der Waals surface area contributed by atoms with E-state index in [1.807, 2.05) is 0 Å². The monoisotopic (exact) mass is 281 g/mol. The van der Waals surface area contributed by atoms with Crippen LogP contribution in [0.15, 0.2) is 36.4 Å². The Balaban J connectivity index is 2.22. The molecule has 0 aliphatic carbocycles. The highest BCUT2D eigenvalue weighted by atomic mass is 19.4. The van der Waals surface area contributed by atoms with Gasteiger partial charge in [-0.1, -0.05) is 12.1 Å². The molecule has 1 nitrogen and oxygen atoms in total. The van der Waals surface area contributed by atoms with Gasteiger partial charge in [-0.05, 0) is 35.4 Å². The van der Waals surface area contributed by atoms with Gasteiger partial charge in [0.1, 0.15) is 18.2 Å². The summed E-state index contributed by atoms with van der Waals surface area (Å²) in [5.74, 6) is -0.140. The zero-order valence-corrected chi connectivity index (χ0v) is 10.2. The number of alkyl halides is 3. The maximum Gasteiger partial charge on any atom is 0.416 e. The second-order valence-electron chi connectivity index (χ2n) is 4.51. The molecular weight excluding hydrogens is 272 g/mol. The highest BCUT2D eigenvalue weighted by Crippen LogP contribution is 2.42. The van der Waals surface area contributed by atoms with Crippen molar-refractivity contribution in [1.29, 1.82) is 0 Å². The van der Waals surface area contributed by atoms with Crippen molar-refractivity contribution in [2.24, 2.45) is 0 Å². The van der Waals surface area contributed by atoms with Gasteiger partial charge in [0.2, 0.25) is 0 Å². The first-order chi connectivity index (χ1) is 9.45. The Morgan fingerprint density at radius 2 is 1.85 bits per heavy atom. The van der Waals surface area contributed by atoms with E-state index < -0.39 is 17.6 Å². The average Bonchev–Trinajstić information content (AvgIpc) is 2.84. The number of ether oxygens (including phenoxy) is 1. The molecule has 1 aliphatic heterocycles. The second-order valence-corrected chi connectivity index (χ2v) is 4.51. The van der Waals surface area contributed by atoms with E-state index in [4.69, 9.17) is 4.74 Å². The molecule has 0 fully saturated rings. The van der Waals surface area contributed by atoms with E-state index in [1.165, 1.54) is 24.8 Å². The van der Waals surface area contributed by atoms with Gasteiger partial charge >= 0.3 is 6.18 Å². The molecule has 0 amide bonds. The minimum absolute atomic E-state index is 0.253. The van der Waals surface area contributed by atoms with Crippen LogP contribution in [0, 0.1) is 12.4 Å². The van der Waals surface area contributed by atoms with Crippen LogP contribution in [0.2, 0.25) is 0 Å². The number of benzene rings is 2. The van der Waals surface area contributed by atoms with Crippen LogP contribution in [0.25, 0.3) is 11.1 Å². The van der Waals surface area contributed by atoms with Crippen molar-refractivity contribution in [2.75, 3.05) is 0 Å². The SMILES string of the molecule is Fc1cccc(-c2cc(C(F)(F)F)cc3c2O[CH]C3)c1. The second kappa shape index (κ2) is 4.51. The normalized spacial score (nSPS) is 14.0. The van der Waals surface area contributed by atoms with Crippen LogP contribution in [-0.2, 0) is 12.6 Å². The van der Waals surface area contributed by atoms with Crippen molar-refractivity contribution in [3.05, 3.63) is 59.9 Å². The lowest BCUT2D eigenvalue weighted by atomic mass is 9.97. The standard InChI is InChI=1S/C15H9F4O/c16-12-3-1-2-9(7-12)13-8-11(15(17,18)19)6-10-4-5-20-14(10)13/h1-3,5-8H,4H2. The zero-order valence-electron chi connectivity index (χ0n) is 10.2. The summed E-state index contributed by atoms with van der Waals surface area (Å²) in [6, 6.07) is 7.51. The third-order valence-electron chi connectivity index (χ3n) is 3.13. The Morgan fingerprint density at radius 1 is 1.05 bits per heavy atom. The summed E-state index contributed by atoms with van der Waals surface area (Å²) in [6.45, 7) is 1.44. The average molecular weight is 281 g/mol. The van der Waals surface area contributed by atoms with Gasteiger partial charge in [0.15, 0.2) is 0 Å². The minimum Gasteiger partial charge on any atom is -0.485 e. The lowest BCUT2D eigenvalue weighted by Crippen LogP contribution is -2.05. The molecule has 0 N–H and O–H groups in total. The molecule has 1 radical (unpaired) electrons. The molecule has 0 spiro atoms. The molecule has 1 aliphatic rings. The number of hydrogen-bond donors (Lipinski definition) is 0. The number of hydrogen-bond acceptors (Lipinski definition) is 1. The van der Waals surface area contributed by atoms with E-state index in [1.54, 1.807) is 6.07 Å². The first-order valence-corrected chi connectivity index (χ1v) is 5.93. The molecule has 0 aromatic heterocycles. The van der Waals surface area contributed by atoms with Crippen molar-refractivity contribution in [3.8, 4) is 16.9 Å². The van der Waals surface area contributed by atoms with Gasteiger partial charge in [0, 0.05) is 12.0 Å². The largest absolute Gasteiger partial charge is 0.485 e. The fourth-order valence-corrected chi connectivity index (χ4v) is 2.23. The van der Waals surface area contributed by atoms with Gasteiger partial charge < -0.3 is 4.74 Å². The molecule has 2 aromatic carbocycles. The van der Waals surface area contributed by atoms with Crippen LogP contribution in [0.4, 0.5) is 17.6 Å². The summed E-state index contributed by atoms with van der Waals surface area (Å²) in [7, 11) is 0. The van der Waals surface area contributed by atoms with Crippen LogP contribution in [0.3, 0.4) is 0 Å². The fraction of sp³-hybridized carbons (Fsp3) is 0.133. The molecular formula is C15H9F4O. The summed E-state index contributed by atoms with van der Waals surface area (Å²) in [4.78, 5) is 0. The highest BCUT2D eigenvalue weighted by Gasteiger charge is 2.33. The first-order valence-electron chi connectivity index (χ1n) is 5.93. The molecule has 0 saturated carbocycles. The molecule has 2 aromatic rings. The quantitative estimate of drug-likeness (QED) is 0.694. The zero-order chi connectivity index (χ0) is 14.3. The van der Waals surface area contributed by atoms with E-state index in [2.05, 4.69) is 0 Å². The van der Waals surface area contributed by atoms with Crippen LogP contribution in [0.1, 0.15) is 11.1 Å². The van der Waals surface area contributed by atoms with E-state index in [-0.39, 0.29) is 5.56 Å². The molecule has 0 saturated heterocycles. The van der Waals surface area contributed by atoms with Gasteiger partial charge in [0.05, 0.1) is 5.56 Å². The van der Waals surface area contributed by atoms with Crippen molar-refractivity contribution in [1.82, 2.24) is 0 Å². The maximum absolute atomic E-state index is 13.3. The first kappa shape index (κ1) is 13.0. The van der Waals surface area contributed by atoms with Gasteiger partial charge in [-0.25, -0.2) is 4.39 Å². The number of fused-ring (bicyclic) bond motifs is 1. The maximum atomic E-state index is 13.3. The van der Waals surface area contributed by atoms with Crippen molar-refractivity contribution >= 4 is 0 Å². The van der Waals surface area contributed by atoms with E-state index in [0.717, 1.165) is 12.1 Å². The van der Waals surface area contributed by atoms with Gasteiger partial charge in [-0.15, -0.1) is 0 Å². The van der Waals surface area contributed by atoms with Crippen molar-refractivity contribution in [3.63, 3.8) is 0 Å². The molecule has 103 valence electrons. The minimum atomic E-state index is -4.44. The Kier molecular flexibility index (Phi) is 2.92. The lowest BCUT2D eigenvalue weighted by molar-refractivity contribution is -0.137. The molecule has 5 heteroatoms. The van der Waals surface area contributed by atoms with Crippen LogP contribution in [-0.4, -0.2) is 0 Å². The molecule has 0 unspecified atom stereocenters. The van der Waals surface area contributed by atoms with E-state index >= 15 is 0 Å². The van der Waals surface area contributed by atoms with Crippen molar-refractivity contribution < 1.29 is 22.3 Å². The van der Waals surface area contributed by atoms with E-state index in [9.17, 15) is 17.6 Å². The third-order valence-corrected chi connectivity index (χ3v) is 3.13. The summed E-state index contributed by atoms with van der Waals surface area (Å²) in [6.07, 6.45) is -4.14. The Labute approximate surface area is 112 Å². The molecule has 0 bridgehead atoms. The highest BCUT2D eigenvalue weighted by molar-refractivity contribution is 5.74.